The molecule has 1 aromatic carbocycles. The second-order valence-corrected chi connectivity index (χ2v) is 3.96. The average molecular weight is 197 g/mol. The molecule has 0 amide bonds. The van der Waals surface area contributed by atoms with Crippen LogP contribution in [0.2, 0.25) is 0 Å². The van der Waals surface area contributed by atoms with Crippen molar-refractivity contribution in [2.75, 3.05) is 4.90 Å². The Morgan fingerprint density at radius 1 is 1.20 bits per heavy atom. The highest BCUT2D eigenvalue weighted by Crippen LogP contribution is 2.30. The number of hydrogen-bond acceptors (Lipinski definition) is 1. The second-order valence-electron chi connectivity index (χ2n) is 3.96. The van der Waals surface area contributed by atoms with E-state index in [1.807, 2.05) is 6.08 Å². The lowest BCUT2D eigenvalue weighted by atomic mass is 10.1. The standard InChI is InChI=1S/C14H15N/c1-11(2)10-15-12(3)8-9-13-6-4-5-7-14(13)15/h4-10H,3H2,1-2H3. The minimum Gasteiger partial charge on any atom is -0.317 e. The summed E-state index contributed by atoms with van der Waals surface area (Å²) in [4.78, 5) is 2.13. The van der Waals surface area contributed by atoms with Crippen molar-refractivity contribution in [3.05, 3.63) is 60.0 Å². The first-order valence-electron chi connectivity index (χ1n) is 5.09. The molecule has 1 heterocycles. The van der Waals surface area contributed by atoms with Gasteiger partial charge in [-0.25, -0.2) is 0 Å². The van der Waals surface area contributed by atoms with Crippen LogP contribution in [0.25, 0.3) is 6.08 Å². The van der Waals surface area contributed by atoms with E-state index in [-0.39, 0.29) is 0 Å². The fourth-order valence-electron chi connectivity index (χ4n) is 1.68. The molecule has 76 valence electrons. The number of hydrogen-bond donors (Lipinski definition) is 0. The summed E-state index contributed by atoms with van der Waals surface area (Å²) in [5.41, 5.74) is 4.71. The van der Waals surface area contributed by atoms with Gasteiger partial charge in [0.1, 0.15) is 0 Å². The van der Waals surface area contributed by atoms with Crippen LogP contribution in [0.5, 0.6) is 0 Å². The molecule has 1 aliphatic rings. The molecule has 0 aliphatic carbocycles. The van der Waals surface area contributed by atoms with Crippen molar-refractivity contribution in [2.24, 2.45) is 0 Å². The summed E-state index contributed by atoms with van der Waals surface area (Å²) in [6.45, 7) is 8.23. The highest BCUT2D eigenvalue weighted by atomic mass is 15.1. The number of fused-ring (bicyclic) bond motifs is 1. The number of anilines is 1. The molecule has 0 bridgehead atoms. The first-order chi connectivity index (χ1) is 7.18. The van der Waals surface area contributed by atoms with E-state index in [2.05, 4.69) is 61.9 Å². The Morgan fingerprint density at radius 2 is 1.93 bits per heavy atom. The zero-order chi connectivity index (χ0) is 10.8. The van der Waals surface area contributed by atoms with E-state index in [1.165, 1.54) is 16.8 Å². The molecule has 0 atom stereocenters. The Labute approximate surface area is 91.0 Å². The molecular formula is C14H15N. The molecule has 0 aromatic heterocycles. The molecule has 0 saturated heterocycles. The van der Waals surface area contributed by atoms with Crippen LogP contribution in [0, 0.1) is 0 Å². The Bertz CT molecular complexity index is 448. The Hall–Kier alpha value is -1.76. The third-order valence-corrected chi connectivity index (χ3v) is 2.35. The predicted molar refractivity (Wildman–Crippen MR) is 66.5 cm³/mol. The molecule has 0 saturated carbocycles. The van der Waals surface area contributed by atoms with Crippen LogP contribution in [-0.2, 0) is 0 Å². The number of para-hydroxylation sites is 1. The zero-order valence-corrected chi connectivity index (χ0v) is 9.20. The van der Waals surface area contributed by atoms with Crippen molar-refractivity contribution in [3.63, 3.8) is 0 Å². The summed E-state index contributed by atoms with van der Waals surface area (Å²) in [6.07, 6.45) is 6.26. The van der Waals surface area contributed by atoms with Gasteiger partial charge in [-0.15, -0.1) is 0 Å². The highest BCUT2D eigenvalue weighted by Gasteiger charge is 2.12. The minimum absolute atomic E-state index is 1.01. The summed E-state index contributed by atoms with van der Waals surface area (Å²) in [7, 11) is 0. The Balaban J connectivity index is 2.52. The molecule has 1 aromatic rings. The third-order valence-electron chi connectivity index (χ3n) is 2.35. The van der Waals surface area contributed by atoms with Gasteiger partial charge in [-0.3, -0.25) is 0 Å². The van der Waals surface area contributed by atoms with Crippen molar-refractivity contribution in [3.8, 4) is 0 Å². The normalized spacial score (nSPS) is 13.7. The summed E-state index contributed by atoms with van der Waals surface area (Å²) in [6, 6.07) is 8.34. The summed E-state index contributed by atoms with van der Waals surface area (Å²) < 4.78 is 0. The summed E-state index contributed by atoms with van der Waals surface area (Å²) >= 11 is 0. The molecular weight excluding hydrogens is 182 g/mol. The summed E-state index contributed by atoms with van der Waals surface area (Å²) in [5.74, 6) is 0. The second kappa shape index (κ2) is 3.77. The molecule has 0 radical (unpaired) electrons. The van der Waals surface area contributed by atoms with Crippen molar-refractivity contribution in [1.29, 1.82) is 0 Å². The van der Waals surface area contributed by atoms with Crippen LogP contribution in [0.1, 0.15) is 19.4 Å². The van der Waals surface area contributed by atoms with Gasteiger partial charge in [-0.05, 0) is 31.6 Å². The van der Waals surface area contributed by atoms with Gasteiger partial charge in [0.15, 0.2) is 0 Å². The average Bonchev–Trinajstić information content (AvgIpc) is 2.22. The fourth-order valence-corrected chi connectivity index (χ4v) is 1.68. The van der Waals surface area contributed by atoms with Crippen molar-refractivity contribution >= 4 is 11.8 Å². The van der Waals surface area contributed by atoms with Crippen molar-refractivity contribution < 1.29 is 0 Å². The lowest BCUT2D eigenvalue weighted by Gasteiger charge is -2.26. The van der Waals surface area contributed by atoms with Gasteiger partial charge in [0.2, 0.25) is 0 Å². The molecule has 1 heteroatoms. The Kier molecular flexibility index (Phi) is 2.46. The topological polar surface area (TPSA) is 3.24 Å². The van der Waals surface area contributed by atoms with E-state index in [0.29, 0.717) is 0 Å². The maximum Gasteiger partial charge on any atom is 0.0527 e. The van der Waals surface area contributed by atoms with Crippen LogP contribution in [0.3, 0.4) is 0 Å². The van der Waals surface area contributed by atoms with Gasteiger partial charge in [-0.1, -0.05) is 36.4 Å². The Morgan fingerprint density at radius 3 is 2.67 bits per heavy atom. The van der Waals surface area contributed by atoms with E-state index in [9.17, 15) is 0 Å². The summed E-state index contributed by atoms with van der Waals surface area (Å²) in [5, 5.41) is 0. The largest absolute Gasteiger partial charge is 0.317 e. The first kappa shape index (κ1) is 9.78. The van der Waals surface area contributed by atoms with Gasteiger partial charge in [0, 0.05) is 11.9 Å². The molecule has 0 spiro atoms. The van der Waals surface area contributed by atoms with Crippen molar-refractivity contribution in [2.45, 2.75) is 13.8 Å². The number of benzene rings is 1. The molecule has 0 fully saturated rings. The monoisotopic (exact) mass is 197 g/mol. The predicted octanol–water partition coefficient (Wildman–Crippen LogP) is 3.96. The number of nitrogens with zero attached hydrogens (tertiary/aromatic N) is 1. The molecule has 2 rings (SSSR count). The van der Waals surface area contributed by atoms with Gasteiger partial charge >= 0.3 is 0 Å². The van der Waals surface area contributed by atoms with E-state index in [1.54, 1.807) is 0 Å². The lowest BCUT2D eigenvalue weighted by molar-refractivity contribution is 1.16. The number of allylic oxidation sites excluding steroid dienone is 2. The molecule has 0 unspecified atom stereocenters. The molecule has 0 N–H and O–H groups in total. The maximum atomic E-state index is 4.04. The molecule has 15 heavy (non-hydrogen) atoms. The van der Waals surface area contributed by atoms with Crippen LogP contribution < -0.4 is 4.90 Å². The quantitative estimate of drug-likeness (QED) is 0.658. The molecule has 1 nitrogen and oxygen atoms in total. The van der Waals surface area contributed by atoms with E-state index in [0.717, 1.165) is 5.70 Å². The zero-order valence-electron chi connectivity index (χ0n) is 9.20. The van der Waals surface area contributed by atoms with Crippen LogP contribution in [0.15, 0.2) is 54.4 Å². The van der Waals surface area contributed by atoms with E-state index >= 15 is 0 Å². The SMILES string of the molecule is C=C1C=Cc2ccccc2N1C=C(C)C. The first-order valence-corrected chi connectivity index (χ1v) is 5.09. The van der Waals surface area contributed by atoms with Gasteiger partial charge < -0.3 is 4.90 Å². The minimum atomic E-state index is 1.01. The van der Waals surface area contributed by atoms with Crippen LogP contribution >= 0.6 is 0 Å². The van der Waals surface area contributed by atoms with Gasteiger partial charge in [-0.2, -0.15) is 0 Å². The van der Waals surface area contributed by atoms with Crippen LogP contribution in [-0.4, -0.2) is 0 Å². The third kappa shape index (κ3) is 1.86. The van der Waals surface area contributed by atoms with E-state index in [4.69, 9.17) is 0 Å². The lowest BCUT2D eigenvalue weighted by Crippen LogP contribution is -2.17. The fraction of sp³-hybridized carbons (Fsp3) is 0.143. The highest BCUT2D eigenvalue weighted by molar-refractivity contribution is 5.77. The van der Waals surface area contributed by atoms with E-state index < -0.39 is 0 Å². The van der Waals surface area contributed by atoms with Crippen LogP contribution in [0.4, 0.5) is 5.69 Å². The van der Waals surface area contributed by atoms with Gasteiger partial charge in [0.25, 0.3) is 0 Å². The molecule has 1 aliphatic heterocycles. The smallest absolute Gasteiger partial charge is 0.0527 e. The number of rotatable bonds is 1. The van der Waals surface area contributed by atoms with Crippen molar-refractivity contribution in [1.82, 2.24) is 0 Å². The van der Waals surface area contributed by atoms with Gasteiger partial charge in [0.05, 0.1) is 5.69 Å². The maximum absolute atomic E-state index is 4.04.